The molecule has 3 rings (SSSR count). The van der Waals surface area contributed by atoms with Gasteiger partial charge in [0.05, 0.1) is 24.2 Å². The topological polar surface area (TPSA) is 108 Å². The number of nitrogens with zero attached hydrogens (tertiary/aromatic N) is 1. The van der Waals surface area contributed by atoms with Crippen molar-refractivity contribution in [3.05, 3.63) is 60.2 Å². The predicted octanol–water partition coefficient (Wildman–Crippen LogP) is 2.43. The Labute approximate surface area is 215 Å². The van der Waals surface area contributed by atoms with Gasteiger partial charge in [0.15, 0.2) is 0 Å². The highest BCUT2D eigenvalue weighted by Crippen LogP contribution is 2.22. The summed E-state index contributed by atoms with van der Waals surface area (Å²) in [7, 11) is -2.35. The van der Waals surface area contributed by atoms with Gasteiger partial charge in [-0.15, -0.1) is 0 Å². The maximum absolute atomic E-state index is 13.5. The minimum Gasteiger partial charge on any atom is -0.497 e. The highest BCUT2D eigenvalue weighted by atomic mass is 32.2. The zero-order chi connectivity index (χ0) is 26.1. The third-order valence-corrected chi connectivity index (χ3v) is 8.25. The molecule has 0 spiro atoms. The van der Waals surface area contributed by atoms with Crippen LogP contribution in [0, 0.1) is 11.8 Å². The molecule has 1 saturated heterocycles. The molecule has 1 amide bonds. The Kier molecular flexibility index (Phi) is 10.3. The molecule has 2 aromatic rings. The molecule has 0 aliphatic carbocycles. The van der Waals surface area contributed by atoms with Crippen molar-refractivity contribution in [3.8, 4) is 5.75 Å². The number of aliphatic hydroxyl groups is 1. The van der Waals surface area contributed by atoms with E-state index in [1.165, 1.54) is 23.5 Å². The fourth-order valence-electron chi connectivity index (χ4n) is 4.48. The lowest BCUT2D eigenvalue weighted by Crippen LogP contribution is -2.51. The van der Waals surface area contributed by atoms with Gasteiger partial charge in [-0.05, 0) is 67.6 Å². The zero-order valence-electron chi connectivity index (χ0n) is 21.4. The minimum atomic E-state index is -3.87. The van der Waals surface area contributed by atoms with E-state index in [-0.39, 0.29) is 35.7 Å². The molecule has 3 atom stereocenters. The van der Waals surface area contributed by atoms with Crippen molar-refractivity contribution in [2.75, 3.05) is 33.3 Å². The van der Waals surface area contributed by atoms with Crippen molar-refractivity contribution < 1.29 is 23.1 Å². The second-order valence-corrected chi connectivity index (χ2v) is 11.8. The molecular weight excluding hydrogens is 478 g/mol. The second kappa shape index (κ2) is 13.2. The average molecular weight is 518 g/mol. The number of carbonyl (C=O) groups is 1. The molecule has 0 unspecified atom stereocenters. The number of rotatable bonds is 13. The largest absolute Gasteiger partial charge is 0.497 e. The number of carbonyl (C=O) groups excluding carboxylic acids is 1. The molecule has 1 heterocycles. The van der Waals surface area contributed by atoms with Crippen LogP contribution in [0.5, 0.6) is 5.75 Å². The molecule has 0 aromatic heterocycles. The Morgan fingerprint density at radius 1 is 1.14 bits per heavy atom. The average Bonchev–Trinajstić information content (AvgIpc) is 3.36. The fraction of sp³-hybridized carbons (Fsp3) is 0.519. The summed E-state index contributed by atoms with van der Waals surface area (Å²) in [5.74, 6) is 0.749. The summed E-state index contributed by atoms with van der Waals surface area (Å²) >= 11 is 0. The monoisotopic (exact) mass is 517 g/mol. The Morgan fingerprint density at radius 2 is 1.83 bits per heavy atom. The van der Waals surface area contributed by atoms with Gasteiger partial charge in [0.1, 0.15) is 5.75 Å². The van der Waals surface area contributed by atoms with E-state index in [0.29, 0.717) is 18.6 Å². The molecule has 3 N–H and O–H groups in total. The second-order valence-electron chi connectivity index (χ2n) is 9.89. The van der Waals surface area contributed by atoms with Crippen molar-refractivity contribution in [1.29, 1.82) is 0 Å². The third-order valence-electron chi connectivity index (χ3n) is 6.40. The van der Waals surface area contributed by atoms with Gasteiger partial charge in [-0.3, -0.25) is 4.79 Å². The number of aliphatic hydroxyl groups excluding tert-OH is 1. The molecular formula is C27H39N3O5S. The standard InChI is InChI=1S/C27H39N3O5S/c1-20(2)18-30(36(33,34)24-11-9-23(35-3)10-12-24)19-26(31)25(15-21-7-5-4-6-8-21)29-27(32)16-22-13-14-28-17-22/h4-12,20,22,25-26,28,31H,13-19H2,1-3H3,(H,29,32)/t22-,25+,26-/m1/s1. The molecule has 0 saturated carbocycles. The molecule has 8 nitrogen and oxygen atoms in total. The summed E-state index contributed by atoms with van der Waals surface area (Å²) in [4.78, 5) is 13.0. The lowest BCUT2D eigenvalue weighted by atomic mass is 9.99. The molecule has 198 valence electrons. The minimum absolute atomic E-state index is 0.0438. The molecule has 1 fully saturated rings. The number of nitrogens with one attached hydrogen (secondary N) is 2. The lowest BCUT2D eigenvalue weighted by Gasteiger charge is -2.31. The summed E-state index contributed by atoms with van der Waals surface area (Å²) in [6, 6.07) is 15.2. The van der Waals surface area contributed by atoms with Crippen LogP contribution in [0.15, 0.2) is 59.5 Å². The van der Waals surface area contributed by atoms with Crippen molar-refractivity contribution in [2.24, 2.45) is 11.8 Å². The number of amides is 1. The molecule has 9 heteroatoms. The number of hydrogen-bond acceptors (Lipinski definition) is 6. The summed E-state index contributed by atoms with van der Waals surface area (Å²) < 4.78 is 33.5. The number of sulfonamides is 1. The van der Waals surface area contributed by atoms with Gasteiger partial charge >= 0.3 is 0 Å². The van der Waals surface area contributed by atoms with Crippen LogP contribution in [0.25, 0.3) is 0 Å². The summed E-state index contributed by atoms with van der Waals surface area (Å²) in [5, 5.41) is 17.6. The van der Waals surface area contributed by atoms with E-state index in [9.17, 15) is 18.3 Å². The Bertz CT molecular complexity index is 1050. The maximum atomic E-state index is 13.5. The Morgan fingerprint density at radius 3 is 2.42 bits per heavy atom. The van der Waals surface area contributed by atoms with E-state index in [2.05, 4.69) is 10.6 Å². The van der Waals surface area contributed by atoms with Crippen molar-refractivity contribution in [1.82, 2.24) is 14.9 Å². The Balaban J connectivity index is 1.80. The van der Waals surface area contributed by atoms with E-state index in [0.717, 1.165) is 25.1 Å². The molecule has 2 aromatic carbocycles. The normalized spacial score (nSPS) is 17.8. The first kappa shape index (κ1) is 28.1. The quantitative estimate of drug-likeness (QED) is 0.377. The van der Waals surface area contributed by atoms with Crippen LogP contribution in [0.4, 0.5) is 0 Å². The Hall–Kier alpha value is -2.46. The van der Waals surface area contributed by atoms with Crippen molar-refractivity contribution in [2.45, 2.75) is 50.2 Å². The lowest BCUT2D eigenvalue weighted by molar-refractivity contribution is -0.123. The van der Waals surface area contributed by atoms with Crippen LogP contribution in [0.2, 0.25) is 0 Å². The van der Waals surface area contributed by atoms with Gasteiger partial charge in [-0.1, -0.05) is 44.2 Å². The van der Waals surface area contributed by atoms with E-state index in [4.69, 9.17) is 4.74 Å². The first-order valence-electron chi connectivity index (χ1n) is 12.5. The van der Waals surface area contributed by atoms with Gasteiger partial charge in [0.25, 0.3) is 0 Å². The van der Waals surface area contributed by atoms with E-state index in [1.54, 1.807) is 12.1 Å². The molecule has 0 bridgehead atoms. The number of benzene rings is 2. The highest BCUT2D eigenvalue weighted by Gasteiger charge is 2.31. The first-order chi connectivity index (χ1) is 17.2. The van der Waals surface area contributed by atoms with Crippen molar-refractivity contribution in [3.63, 3.8) is 0 Å². The van der Waals surface area contributed by atoms with Crippen molar-refractivity contribution >= 4 is 15.9 Å². The van der Waals surface area contributed by atoms with Crippen LogP contribution in [-0.2, 0) is 21.2 Å². The van der Waals surface area contributed by atoms with Crippen LogP contribution in [-0.4, -0.2) is 69.2 Å². The summed E-state index contributed by atoms with van der Waals surface area (Å²) in [6.45, 7) is 5.69. The van der Waals surface area contributed by atoms with Crippen LogP contribution < -0.4 is 15.4 Å². The van der Waals surface area contributed by atoms with Gasteiger partial charge < -0.3 is 20.5 Å². The van der Waals surface area contributed by atoms with Crippen LogP contribution >= 0.6 is 0 Å². The first-order valence-corrected chi connectivity index (χ1v) is 14.0. The van der Waals surface area contributed by atoms with Gasteiger partial charge in [-0.2, -0.15) is 4.31 Å². The van der Waals surface area contributed by atoms with Gasteiger partial charge in [0.2, 0.25) is 15.9 Å². The number of ether oxygens (including phenoxy) is 1. The summed E-state index contributed by atoms with van der Waals surface area (Å²) in [5.41, 5.74) is 0.956. The SMILES string of the molecule is COc1ccc(S(=O)(=O)N(CC(C)C)C[C@@H](O)[C@H](Cc2ccccc2)NC(=O)C[C@H]2CCNC2)cc1. The predicted molar refractivity (Wildman–Crippen MR) is 140 cm³/mol. The molecule has 0 radical (unpaired) electrons. The van der Waals surface area contributed by atoms with E-state index < -0.39 is 22.2 Å². The number of hydrogen-bond donors (Lipinski definition) is 3. The smallest absolute Gasteiger partial charge is 0.243 e. The zero-order valence-corrected chi connectivity index (χ0v) is 22.2. The fourth-order valence-corrected chi connectivity index (χ4v) is 6.10. The molecule has 1 aliphatic heterocycles. The van der Waals surface area contributed by atoms with E-state index >= 15 is 0 Å². The van der Waals surface area contributed by atoms with Gasteiger partial charge in [0, 0.05) is 19.5 Å². The van der Waals surface area contributed by atoms with Crippen LogP contribution in [0.1, 0.15) is 32.3 Å². The molecule has 36 heavy (non-hydrogen) atoms. The maximum Gasteiger partial charge on any atom is 0.243 e. The highest BCUT2D eigenvalue weighted by molar-refractivity contribution is 7.89. The third kappa shape index (κ3) is 8.03. The molecule has 1 aliphatic rings. The van der Waals surface area contributed by atoms with E-state index in [1.807, 2.05) is 44.2 Å². The van der Waals surface area contributed by atoms with Crippen LogP contribution in [0.3, 0.4) is 0 Å². The number of methoxy groups -OCH3 is 1. The summed E-state index contributed by atoms with van der Waals surface area (Å²) in [6.07, 6.45) is 0.629. The van der Waals surface area contributed by atoms with Gasteiger partial charge in [-0.25, -0.2) is 8.42 Å².